The van der Waals surface area contributed by atoms with Crippen LogP contribution in [0, 0.1) is 0 Å². The number of ether oxygens (including phenoxy) is 1. The highest BCUT2D eigenvalue weighted by Crippen LogP contribution is 2.20. The summed E-state index contributed by atoms with van der Waals surface area (Å²) in [6.45, 7) is -0.275. The van der Waals surface area contributed by atoms with Crippen LogP contribution >= 0.6 is 15.9 Å². The molecule has 0 atom stereocenters. The molecule has 0 aromatic heterocycles. The van der Waals surface area contributed by atoms with Gasteiger partial charge in [-0.05, 0) is 36.4 Å². The molecule has 0 bridgehead atoms. The number of carbonyl (C=O) groups excluding carboxylic acids is 2. The number of carbonyl (C=O) groups is 2. The van der Waals surface area contributed by atoms with Crippen LogP contribution in [0.1, 0.15) is 10.4 Å². The first-order valence-electron chi connectivity index (χ1n) is 6.13. The molecule has 2 aromatic rings. The van der Waals surface area contributed by atoms with E-state index in [4.69, 9.17) is 10.5 Å². The fourth-order valence-corrected chi connectivity index (χ4v) is 1.92. The van der Waals surface area contributed by atoms with Gasteiger partial charge in [-0.2, -0.15) is 0 Å². The Labute approximate surface area is 130 Å². The van der Waals surface area contributed by atoms with Crippen molar-refractivity contribution in [3.05, 3.63) is 58.6 Å². The fraction of sp³-hybridized carbons (Fsp3) is 0.0667. The lowest BCUT2D eigenvalue weighted by molar-refractivity contribution is -0.119. The highest BCUT2D eigenvalue weighted by atomic mass is 79.9. The third kappa shape index (κ3) is 4.32. The summed E-state index contributed by atoms with van der Waals surface area (Å²) in [6, 6.07) is 13.9. The Hall–Kier alpha value is -2.34. The molecule has 21 heavy (non-hydrogen) atoms. The standard InChI is InChI=1S/C15H13BrN2O3/c16-10-5-7-11(8-6-10)18-15(20)12-3-1-2-4-13(12)21-9-14(17)19/h1-8H,9H2,(H2,17,19)(H,18,20). The van der Waals surface area contributed by atoms with Crippen molar-refractivity contribution in [1.29, 1.82) is 0 Å². The predicted molar refractivity (Wildman–Crippen MR) is 83.2 cm³/mol. The number of anilines is 1. The van der Waals surface area contributed by atoms with E-state index in [1.54, 1.807) is 36.4 Å². The minimum atomic E-state index is -0.599. The van der Waals surface area contributed by atoms with Crippen molar-refractivity contribution in [3.8, 4) is 5.75 Å². The highest BCUT2D eigenvalue weighted by Gasteiger charge is 2.12. The van der Waals surface area contributed by atoms with E-state index in [0.29, 0.717) is 17.0 Å². The first-order chi connectivity index (χ1) is 10.1. The molecule has 2 rings (SSSR count). The second kappa shape index (κ2) is 6.90. The van der Waals surface area contributed by atoms with Crippen molar-refractivity contribution < 1.29 is 14.3 Å². The van der Waals surface area contributed by atoms with Crippen molar-refractivity contribution >= 4 is 33.4 Å². The van der Waals surface area contributed by atoms with E-state index in [9.17, 15) is 9.59 Å². The van der Waals surface area contributed by atoms with Gasteiger partial charge in [-0.25, -0.2) is 0 Å². The number of benzene rings is 2. The molecule has 0 heterocycles. The van der Waals surface area contributed by atoms with Crippen LogP contribution in [0.25, 0.3) is 0 Å². The molecular formula is C15H13BrN2O3. The van der Waals surface area contributed by atoms with E-state index in [2.05, 4.69) is 21.2 Å². The monoisotopic (exact) mass is 348 g/mol. The van der Waals surface area contributed by atoms with Crippen molar-refractivity contribution in [2.75, 3.05) is 11.9 Å². The number of hydrogen-bond donors (Lipinski definition) is 2. The van der Waals surface area contributed by atoms with Crippen LogP contribution in [0.15, 0.2) is 53.0 Å². The predicted octanol–water partition coefficient (Wildman–Crippen LogP) is 2.57. The fourth-order valence-electron chi connectivity index (χ4n) is 1.66. The van der Waals surface area contributed by atoms with Gasteiger partial charge in [-0.15, -0.1) is 0 Å². The van der Waals surface area contributed by atoms with Gasteiger partial charge in [0.15, 0.2) is 6.61 Å². The molecular weight excluding hydrogens is 336 g/mol. The zero-order valence-corrected chi connectivity index (χ0v) is 12.6. The number of para-hydroxylation sites is 1. The molecule has 2 amide bonds. The van der Waals surface area contributed by atoms with Crippen LogP contribution < -0.4 is 15.8 Å². The van der Waals surface area contributed by atoms with E-state index in [1.165, 1.54) is 0 Å². The quantitative estimate of drug-likeness (QED) is 0.871. The third-order valence-electron chi connectivity index (χ3n) is 2.60. The van der Waals surface area contributed by atoms with Crippen LogP contribution in [0.2, 0.25) is 0 Å². The number of primary amides is 1. The molecule has 0 aliphatic heterocycles. The molecule has 0 aliphatic rings. The number of amides is 2. The smallest absolute Gasteiger partial charge is 0.259 e. The molecule has 0 spiro atoms. The lowest BCUT2D eigenvalue weighted by atomic mass is 10.2. The second-order valence-electron chi connectivity index (χ2n) is 4.21. The molecule has 0 saturated carbocycles. The van der Waals surface area contributed by atoms with Gasteiger partial charge in [-0.3, -0.25) is 9.59 Å². The molecule has 108 valence electrons. The number of rotatable bonds is 5. The maximum absolute atomic E-state index is 12.2. The summed E-state index contributed by atoms with van der Waals surface area (Å²) in [7, 11) is 0. The van der Waals surface area contributed by atoms with Crippen LogP contribution in [-0.4, -0.2) is 18.4 Å². The minimum absolute atomic E-state index is 0.275. The Kier molecular flexibility index (Phi) is 4.94. The minimum Gasteiger partial charge on any atom is -0.483 e. The Morgan fingerprint density at radius 3 is 2.43 bits per heavy atom. The summed E-state index contributed by atoms with van der Waals surface area (Å²) in [5.41, 5.74) is 6.03. The zero-order chi connectivity index (χ0) is 15.2. The number of nitrogens with two attached hydrogens (primary N) is 1. The van der Waals surface area contributed by atoms with Gasteiger partial charge >= 0.3 is 0 Å². The van der Waals surface area contributed by atoms with Crippen molar-refractivity contribution in [1.82, 2.24) is 0 Å². The van der Waals surface area contributed by atoms with Gasteiger partial charge in [0, 0.05) is 10.2 Å². The SMILES string of the molecule is NC(=O)COc1ccccc1C(=O)Nc1ccc(Br)cc1. The van der Waals surface area contributed by atoms with E-state index in [1.807, 2.05) is 12.1 Å². The molecule has 2 aromatic carbocycles. The van der Waals surface area contributed by atoms with Crippen LogP contribution in [0.5, 0.6) is 5.75 Å². The van der Waals surface area contributed by atoms with Gasteiger partial charge in [-0.1, -0.05) is 28.1 Å². The average molecular weight is 349 g/mol. The summed E-state index contributed by atoms with van der Waals surface area (Å²) < 4.78 is 6.16. The Bertz CT molecular complexity index is 656. The summed E-state index contributed by atoms with van der Waals surface area (Å²) in [5.74, 6) is -0.610. The Morgan fingerprint density at radius 2 is 1.76 bits per heavy atom. The van der Waals surface area contributed by atoms with Crippen LogP contribution in [-0.2, 0) is 4.79 Å². The van der Waals surface area contributed by atoms with Gasteiger partial charge in [0.1, 0.15) is 5.75 Å². The van der Waals surface area contributed by atoms with E-state index >= 15 is 0 Å². The van der Waals surface area contributed by atoms with E-state index in [-0.39, 0.29) is 12.5 Å². The van der Waals surface area contributed by atoms with Crippen molar-refractivity contribution in [2.45, 2.75) is 0 Å². The van der Waals surface area contributed by atoms with E-state index in [0.717, 1.165) is 4.47 Å². The summed E-state index contributed by atoms with van der Waals surface area (Å²) in [4.78, 5) is 23.0. The second-order valence-corrected chi connectivity index (χ2v) is 5.13. The molecule has 0 fully saturated rings. The first-order valence-corrected chi connectivity index (χ1v) is 6.92. The van der Waals surface area contributed by atoms with Crippen molar-refractivity contribution in [2.24, 2.45) is 5.73 Å². The zero-order valence-electron chi connectivity index (χ0n) is 11.0. The summed E-state index contributed by atoms with van der Waals surface area (Å²) >= 11 is 3.33. The third-order valence-corrected chi connectivity index (χ3v) is 3.13. The Balaban J connectivity index is 2.14. The summed E-state index contributed by atoms with van der Waals surface area (Å²) in [6.07, 6.45) is 0. The molecule has 3 N–H and O–H groups in total. The van der Waals surface area contributed by atoms with Gasteiger partial charge in [0.05, 0.1) is 5.56 Å². The first kappa shape index (κ1) is 15.1. The topological polar surface area (TPSA) is 81.4 Å². The molecule has 0 unspecified atom stereocenters. The molecule has 0 aliphatic carbocycles. The molecule has 0 saturated heterocycles. The number of nitrogens with one attached hydrogen (secondary N) is 1. The lowest BCUT2D eigenvalue weighted by Crippen LogP contribution is -2.21. The largest absolute Gasteiger partial charge is 0.483 e. The van der Waals surface area contributed by atoms with Crippen LogP contribution in [0.3, 0.4) is 0 Å². The molecule has 0 radical (unpaired) electrons. The van der Waals surface area contributed by atoms with Gasteiger partial charge in [0.25, 0.3) is 11.8 Å². The molecule has 5 nitrogen and oxygen atoms in total. The number of hydrogen-bond acceptors (Lipinski definition) is 3. The Morgan fingerprint density at radius 1 is 1.10 bits per heavy atom. The van der Waals surface area contributed by atoms with Crippen LogP contribution in [0.4, 0.5) is 5.69 Å². The van der Waals surface area contributed by atoms with Gasteiger partial charge in [0.2, 0.25) is 0 Å². The van der Waals surface area contributed by atoms with Crippen molar-refractivity contribution in [3.63, 3.8) is 0 Å². The number of halogens is 1. The normalized spacial score (nSPS) is 9.95. The van der Waals surface area contributed by atoms with E-state index < -0.39 is 5.91 Å². The average Bonchev–Trinajstić information content (AvgIpc) is 2.47. The lowest BCUT2D eigenvalue weighted by Gasteiger charge is -2.10. The maximum Gasteiger partial charge on any atom is 0.259 e. The highest BCUT2D eigenvalue weighted by molar-refractivity contribution is 9.10. The maximum atomic E-state index is 12.2. The molecule has 6 heteroatoms. The summed E-state index contributed by atoms with van der Waals surface area (Å²) in [5, 5.41) is 2.76. The van der Waals surface area contributed by atoms with Gasteiger partial charge < -0.3 is 15.8 Å².